The summed E-state index contributed by atoms with van der Waals surface area (Å²) < 4.78 is 0. The van der Waals surface area contributed by atoms with Crippen molar-refractivity contribution in [2.45, 2.75) is 71.9 Å². The molecule has 0 radical (unpaired) electrons. The molecule has 3 rings (SSSR count). The van der Waals surface area contributed by atoms with Gasteiger partial charge >= 0.3 is 0 Å². The maximum Gasteiger partial charge on any atom is 0.237 e. The first-order valence-corrected chi connectivity index (χ1v) is 13.0. The Bertz CT molecular complexity index is 1060. The van der Waals surface area contributed by atoms with Gasteiger partial charge in [0, 0.05) is 36.7 Å². The van der Waals surface area contributed by atoms with Crippen LogP contribution in [0.2, 0.25) is 0 Å². The van der Waals surface area contributed by atoms with Gasteiger partial charge in [-0.05, 0) is 54.5 Å². The average molecular weight is 478 g/mol. The molecular formula is C30H43N3O2. The molecule has 0 fully saturated rings. The number of aromatic amines is 1. The molecule has 1 heterocycles. The first kappa shape index (κ1) is 27.0. The van der Waals surface area contributed by atoms with Crippen molar-refractivity contribution in [2.75, 3.05) is 26.2 Å². The summed E-state index contributed by atoms with van der Waals surface area (Å²) >= 11 is 0. The van der Waals surface area contributed by atoms with Crippen molar-refractivity contribution in [3.8, 4) is 0 Å². The predicted octanol–water partition coefficient (Wildman–Crippen LogP) is 5.52. The van der Waals surface area contributed by atoms with Crippen molar-refractivity contribution in [3.63, 3.8) is 0 Å². The summed E-state index contributed by atoms with van der Waals surface area (Å²) in [7, 11) is 0. The van der Waals surface area contributed by atoms with Gasteiger partial charge in [0.15, 0.2) is 0 Å². The fraction of sp³-hybridized carbons (Fsp3) is 0.500. The number of hydrogen-bond donors (Lipinski definition) is 2. The van der Waals surface area contributed by atoms with Gasteiger partial charge in [-0.15, -0.1) is 0 Å². The van der Waals surface area contributed by atoms with E-state index in [1.165, 1.54) is 16.5 Å². The Balaban J connectivity index is 1.77. The van der Waals surface area contributed by atoms with E-state index in [1.54, 1.807) is 6.92 Å². The number of unbranched alkanes of at least 4 members (excludes halogenated alkanes) is 1. The van der Waals surface area contributed by atoms with Gasteiger partial charge in [-0.3, -0.25) is 9.69 Å². The maximum absolute atomic E-state index is 13.5. The van der Waals surface area contributed by atoms with Crippen molar-refractivity contribution >= 4 is 16.8 Å². The van der Waals surface area contributed by atoms with Crippen molar-refractivity contribution in [3.05, 3.63) is 71.4 Å². The van der Waals surface area contributed by atoms with Crippen LogP contribution in [0, 0.1) is 0 Å². The van der Waals surface area contributed by atoms with Gasteiger partial charge in [0.1, 0.15) is 0 Å². The quantitative estimate of drug-likeness (QED) is 0.361. The minimum absolute atomic E-state index is 0.101. The molecule has 0 spiro atoms. The first-order chi connectivity index (χ1) is 16.7. The number of amides is 1. The highest BCUT2D eigenvalue weighted by molar-refractivity contribution is 5.83. The zero-order chi connectivity index (χ0) is 25.4. The molecule has 1 aromatic heterocycles. The number of para-hydroxylation sites is 1. The van der Waals surface area contributed by atoms with Crippen LogP contribution in [0.1, 0.15) is 64.2 Å². The molecule has 2 N–H and O–H groups in total. The largest absolute Gasteiger partial charge is 0.392 e. The molecule has 35 heavy (non-hydrogen) atoms. The molecule has 3 aromatic rings. The SMILES string of the molecule is CCCCN(CC(=O)N(CCc1c[nH]c2ccccc12)Cc1ccc(C(C)(C)C)cc1)C[C@H](C)O. The molecule has 0 aliphatic heterocycles. The van der Waals surface area contributed by atoms with E-state index in [0.717, 1.165) is 36.9 Å². The molecule has 5 heteroatoms. The monoisotopic (exact) mass is 477 g/mol. The average Bonchev–Trinajstić information content (AvgIpc) is 3.22. The minimum Gasteiger partial charge on any atom is -0.392 e. The van der Waals surface area contributed by atoms with Crippen molar-refractivity contribution in [1.29, 1.82) is 0 Å². The van der Waals surface area contributed by atoms with Gasteiger partial charge in [-0.2, -0.15) is 0 Å². The van der Waals surface area contributed by atoms with Gasteiger partial charge < -0.3 is 15.0 Å². The van der Waals surface area contributed by atoms with Crippen LogP contribution < -0.4 is 0 Å². The second-order valence-electron chi connectivity index (χ2n) is 10.8. The molecule has 1 amide bonds. The maximum atomic E-state index is 13.5. The van der Waals surface area contributed by atoms with Crippen LogP contribution in [0.4, 0.5) is 0 Å². The first-order valence-electron chi connectivity index (χ1n) is 13.0. The second-order valence-corrected chi connectivity index (χ2v) is 10.8. The van der Waals surface area contributed by atoms with Crippen LogP contribution in [-0.2, 0) is 23.2 Å². The molecule has 1 atom stereocenters. The minimum atomic E-state index is -0.454. The van der Waals surface area contributed by atoms with Crippen LogP contribution in [0.15, 0.2) is 54.7 Å². The number of benzene rings is 2. The summed E-state index contributed by atoms with van der Waals surface area (Å²) in [6.07, 6.45) is 4.48. The highest BCUT2D eigenvalue weighted by atomic mass is 16.3. The highest BCUT2D eigenvalue weighted by Gasteiger charge is 2.20. The predicted molar refractivity (Wildman–Crippen MR) is 146 cm³/mol. The third kappa shape index (κ3) is 7.94. The van der Waals surface area contributed by atoms with E-state index >= 15 is 0 Å². The number of rotatable bonds is 12. The van der Waals surface area contributed by atoms with Crippen molar-refractivity contribution in [1.82, 2.24) is 14.8 Å². The Morgan fingerprint density at radius 3 is 2.43 bits per heavy atom. The lowest BCUT2D eigenvalue weighted by molar-refractivity contribution is -0.133. The zero-order valence-electron chi connectivity index (χ0n) is 22.2. The number of nitrogens with zero attached hydrogens (tertiary/aromatic N) is 2. The molecule has 0 bridgehead atoms. The Morgan fingerprint density at radius 1 is 1.06 bits per heavy atom. The molecular weight excluding hydrogens is 434 g/mol. The van der Waals surface area contributed by atoms with Crippen LogP contribution in [0.3, 0.4) is 0 Å². The molecule has 2 aromatic carbocycles. The van der Waals surface area contributed by atoms with E-state index in [4.69, 9.17) is 0 Å². The number of carbonyl (C=O) groups excluding carboxylic acids is 1. The summed E-state index contributed by atoms with van der Waals surface area (Å²) in [5, 5.41) is 11.2. The van der Waals surface area contributed by atoms with Crippen LogP contribution in [-0.4, -0.2) is 58.1 Å². The number of aliphatic hydroxyl groups excluding tert-OH is 1. The zero-order valence-corrected chi connectivity index (χ0v) is 22.2. The normalized spacial score (nSPS) is 12.9. The molecule has 0 saturated carbocycles. The van der Waals surface area contributed by atoms with Crippen LogP contribution >= 0.6 is 0 Å². The van der Waals surface area contributed by atoms with Gasteiger partial charge in [-0.25, -0.2) is 0 Å². The standard InChI is InChI=1S/C30H43N3O2/c1-6-7-17-32(20-23(2)34)22-29(35)33(21-24-12-14-26(15-13-24)30(3,4)5)18-16-25-19-31-28-11-9-8-10-27(25)28/h8-15,19,23,31,34H,6-7,16-18,20-22H2,1-5H3/t23-/m0/s1. The van der Waals surface area contributed by atoms with Crippen LogP contribution in [0.25, 0.3) is 10.9 Å². The third-order valence-corrected chi connectivity index (χ3v) is 6.58. The van der Waals surface area contributed by atoms with E-state index < -0.39 is 6.10 Å². The number of nitrogens with one attached hydrogen (secondary N) is 1. The third-order valence-electron chi connectivity index (χ3n) is 6.58. The number of H-pyrrole nitrogens is 1. The van der Waals surface area contributed by atoms with Crippen molar-refractivity contribution < 1.29 is 9.90 Å². The fourth-order valence-corrected chi connectivity index (χ4v) is 4.50. The van der Waals surface area contributed by atoms with Crippen molar-refractivity contribution in [2.24, 2.45) is 0 Å². The molecule has 5 nitrogen and oxygen atoms in total. The summed E-state index contributed by atoms with van der Waals surface area (Å²) in [5.41, 5.74) is 4.89. The summed E-state index contributed by atoms with van der Waals surface area (Å²) in [6.45, 7) is 13.5. The molecule has 0 aliphatic rings. The summed E-state index contributed by atoms with van der Waals surface area (Å²) in [5.74, 6) is 0.112. The second kappa shape index (κ2) is 12.4. The number of aromatic nitrogens is 1. The number of carbonyl (C=O) groups is 1. The smallest absolute Gasteiger partial charge is 0.237 e. The van der Waals surface area contributed by atoms with E-state index in [9.17, 15) is 9.90 Å². The Labute approximate surface area is 211 Å². The summed E-state index contributed by atoms with van der Waals surface area (Å²) in [6, 6.07) is 17.0. The number of hydrogen-bond acceptors (Lipinski definition) is 3. The van der Waals surface area contributed by atoms with E-state index in [2.05, 4.69) is 86.2 Å². The van der Waals surface area contributed by atoms with Gasteiger partial charge in [-0.1, -0.05) is 76.6 Å². The van der Waals surface area contributed by atoms with Gasteiger partial charge in [0.05, 0.1) is 12.6 Å². The lowest BCUT2D eigenvalue weighted by Gasteiger charge is -2.28. The topological polar surface area (TPSA) is 59.6 Å². The molecule has 0 aliphatic carbocycles. The van der Waals surface area contributed by atoms with Gasteiger partial charge in [0.25, 0.3) is 0 Å². The van der Waals surface area contributed by atoms with E-state index in [-0.39, 0.29) is 11.3 Å². The number of aliphatic hydroxyl groups is 1. The van der Waals surface area contributed by atoms with E-state index in [0.29, 0.717) is 26.2 Å². The fourth-order valence-electron chi connectivity index (χ4n) is 4.50. The van der Waals surface area contributed by atoms with Gasteiger partial charge in [0.2, 0.25) is 5.91 Å². The Kier molecular flexibility index (Phi) is 9.53. The number of fused-ring (bicyclic) bond motifs is 1. The lowest BCUT2D eigenvalue weighted by atomic mass is 9.87. The highest BCUT2D eigenvalue weighted by Crippen LogP contribution is 2.23. The Hall–Kier alpha value is -2.63. The molecule has 0 saturated heterocycles. The Morgan fingerprint density at radius 2 is 1.77 bits per heavy atom. The lowest BCUT2D eigenvalue weighted by Crippen LogP contribution is -2.43. The summed E-state index contributed by atoms with van der Waals surface area (Å²) in [4.78, 5) is 21.0. The van der Waals surface area contributed by atoms with Crippen LogP contribution in [0.5, 0.6) is 0 Å². The van der Waals surface area contributed by atoms with E-state index in [1.807, 2.05) is 11.0 Å². The molecule has 190 valence electrons. The molecule has 0 unspecified atom stereocenters.